The minimum atomic E-state index is 0. The molecule has 1 aliphatic rings. The van der Waals surface area contributed by atoms with Gasteiger partial charge < -0.3 is 28.5 Å². The molecular formula is C16H31Cl2N3OTi. The van der Waals surface area contributed by atoms with E-state index in [4.69, 9.17) is 5.11 Å². The predicted molar refractivity (Wildman–Crippen MR) is 102 cm³/mol. The molecule has 1 aromatic carbocycles. The van der Waals surface area contributed by atoms with Gasteiger partial charge in [0.15, 0.2) is 0 Å². The fourth-order valence-electron chi connectivity index (χ4n) is 1.76. The van der Waals surface area contributed by atoms with Crippen LogP contribution in [-0.2, 0) is 21.7 Å². The average Bonchev–Trinajstić information content (AvgIpc) is 2.41. The van der Waals surface area contributed by atoms with E-state index >= 15 is 0 Å². The Labute approximate surface area is 169 Å². The second kappa shape index (κ2) is 24.4. The maximum Gasteiger partial charge on any atom is 2.00 e. The summed E-state index contributed by atoms with van der Waals surface area (Å²) in [5.41, 5.74) is 0. The van der Waals surface area contributed by atoms with Crippen LogP contribution in [0.5, 0.6) is 5.75 Å². The van der Waals surface area contributed by atoms with E-state index in [0.717, 1.165) is 39.3 Å². The molecule has 0 unspecified atom stereocenters. The number of rotatable bonds is 0. The molecule has 4 nitrogen and oxygen atoms in total. The van der Waals surface area contributed by atoms with Crippen LogP contribution < -0.4 is 10.6 Å². The summed E-state index contributed by atoms with van der Waals surface area (Å²) < 4.78 is 0. The third-order valence-corrected chi connectivity index (χ3v) is 2.80. The standard InChI is InChI=1S/C9H20N3.C6H6O.CH3.2ClH.Ti/c1-4-10-6-2-8-12-9-3-7-11-5-1;7-6-4-2-1-3-5-6;;;;/h10-11H,1-9H2;1-5,7H;1H3;2*1H;/q-1;;-1;;;+2. The predicted octanol–water partition coefficient (Wildman–Crippen LogP) is 3.41. The van der Waals surface area contributed by atoms with Crippen molar-refractivity contribution in [3.05, 3.63) is 43.1 Å². The molecule has 0 radical (unpaired) electrons. The number of hydrogen-bond acceptors (Lipinski definition) is 3. The molecule has 1 heterocycles. The maximum atomic E-state index is 8.63. The van der Waals surface area contributed by atoms with Crippen LogP contribution in [0.4, 0.5) is 0 Å². The summed E-state index contributed by atoms with van der Waals surface area (Å²) in [6.45, 7) is 6.62. The quantitative estimate of drug-likeness (QED) is 0.462. The number of phenols is 1. The van der Waals surface area contributed by atoms with Crippen molar-refractivity contribution in [3.8, 4) is 5.75 Å². The Hall–Kier alpha value is 0.194. The van der Waals surface area contributed by atoms with Crippen LogP contribution in [0.3, 0.4) is 0 Å². The van der Waals surface area contributed by atoms with Crippen LogP contribution in [0.15, 0.2) is 30.3 Å². The molecule has 0 bridgehead atoms. The van der Waals surface area contributed by atoms with Gasteiger partial charge in [-0.3, -0.25) is 0 Å². The van der Waals surface area contributed by atoms with Crippen LogP contribution in [-0.4, -0.2) is 44.4 Å². The maximum absolute atomic E-state index is 8.63. The summed E-state index contributed by atoms with van der Waals surface area (Å²) in [6.07, 6.45) is 3.65. The summed E-state index contributed by atoms with van der Waals surface area (Å²) in [6, 6.07) is 8.71. The van der Waals surface area contributed by atoms with E-state index < -0.39 is 0 Å². The summed E-state index contributed by atoms with van der Waals surface area (Å²) in [5, 5.41) is 19.9. The van der Waals surface area contributed by atoms with Crippen molar-refractivity contribution < 1.29 is 26.8 Å². The van der Waals surface area contributed by atoms with Gasteiger partial charge in [0.25, 0.3) is 0 Å². The molecule has 0 aromatic heterocycles. The van der Waals surface area contributed by atoms with Crippen molar-refractivity contribution >= 4 is 24.8 Å². The second-order valence-electron chi connectivity index (χ2n) is 4.57. The number of phenolic OH excluding ortho intramolecular Hbond substituents is 1. The SMILES string of the molecule is C1C[N-]CCCNCCCNC1.Cl.Cl.Oc1ccccc1.[CH3-].[Ti+2]. The topological polar surface area (TPSA) is 58.4 Å². The molecule has 2 rings (SSSR count). The molecule has 0 aliphatic carbocycles. The van der Waals surface area contributed by atoms with E-state index in [1.165, 1.54) is 19.3 Å². The molecule has 0 spiro atoms. The normalized spacial score (nSPS) is 15.1. The Kier molecular flexibility index (Phi) is 33.0. The molecular weight excluding hydrogens is 369 g/mol. The van der Waals surface area contributed by atoms with Gasteiger partial charge in [0.2, 0.25) is 0 Å². The summed E-state index contributed by atoms with van der Waals surface area (Å²) in [7, 11) is 0. The third kappa shape index (κ3) is 22.2. The first kappa shape index (κ1) is 31.0. The summed E-state index contributed by atoms with van der Waals surface area (Å²) in [5.74, 6) is 0.322. The van der Waals surface area contributed by atoms with Gasteiger partial charge in [0.1, 0.15) is 5.75 Å². The first-order chi connectivity index (χ1) is 9.39. The number of nitrogens with zero attached hydrogens (tertiary/aromatic N) is 1. The molecule has 1 fully saturated rings. The second-order valence-corrected chi connectivity index (χ2v) is 4.57. The Morgan fingerprint density at radius 2 is 1.22 bits per heavy atom. The first-order valence-electron chi connectivity index (χ1n) is 7.18. The van der Waals surface area contributed by atoms with Crippen molar-refractivity contribution in [3.63, 3.8) is 0 Å². The third-order valence-electron chi connectivity index (χ3n) is 2.80. The average molecular weight is 400 g/mol. The number of halogens is 2. The van der Waals surface area contributed by atoms with E-state index in [1.807, 2.05) is 6.07 Å². The molecule has 0 atom stereocenters. The van der Waals surface area contributed by atoms with Gasteiger partial charge in [0.05, 0.1) is 0 Å². The molecule has 23 heavy (non-hydrogen) atoms. The van der Waals surface area contributed by atoms with Crippen LogP contribution >= 0.6 is 24.8 Å². The van der Waals surface area contributed by atoms with E-state index in [9.17, 15) is 0 Å². The number of hydrogen-bond donors (Lipinski definition) is 3. The largest absolute Gasteiger partial charge is 2.00 e. The van der Waals surface area contributed by atoms with E-state index in [2.05, 4.69) is 16.0 Å². The van der Waals surface area contributed by atoms with Gasteiger partial charge in [-0.05, 0) is 44.7 Å². The van der Waals surface area contributed by atoms with Crippen LogP contribution in [0.1, 0.15) is 19.3 Å². The van der Waals surface area contributed by atoms with E-state index in [-0.39, 0.29) is 54.0 Å². The minimum absolute atomic E-state index is 0. The number of nitrogens with one attached hydrogen (secondary N) is 2. The van der Waals surface area contributed by atoms with Crippen LogP contribution in [0.25, 0.3) is 5.32 Å². The van der Waals surface area contributed by atoms with E-state index in [0.29, 0.717) is 5.75 Å². The number of benzene rings is 1. The van der Waals surface area contributed by atoms with Crippen LogP contribution in [0, 0.1) is 7.43 Å². The van der Waals surface area contributed by atoms with Crippen molar-refractivity contribution in [2.24, 2.45) is 0 Å². The van der Waals surface area contributed by atoms with E-state index in [1.54, 1.807) is 24.3 Å². The molecule has 1 aliphatic heterocycles. The molecule has 1 saturated heterocycles. The molecule has 3 N–H and O–H groups in total. The zero-order valence-electron chi connectivity index (χ0n) is 14.0. The molecule has 134 valence electrons. The zero-order chi connectivity index (χ0) is 13.6. The number of para-hydroxylation sites is 1. The van der Waals surface area contributed by atoms with Crippen molar-refractivity contribution in [2.75, 3.05) is 39.3 Å². The zero-order valence-corrected chi connectivity index (χ0v) is 17.2. The van der Waals surface area contributed by atoms with Gasteiger partial charge >= 0.3 is 21.7 Å². The Balaban J connectivity index is -0.000000145. The fourth-order valence-corrected chi connectivity index (χ4v) is 1.76. The van der Waals surface area contributed by atoms with Gasteiger partial charge in [0, 0.05) is 0 Å². The molecule has 0 amide bonds. The monoisotopic (exact) mass is 399 g/mol. The van der Waals surface area contributed by atoms with Crippen molar-refractivity contribution in [2.45, 2.75) is 19.3 Å². The van der Waals surface area contributed by atoms with Crippen molar-refractivity contribution in [1.29, 1.82) is 0 Å². The Bertz CT molecular complexity index is 266. The van der Waals surface area contributed by atoms with Gasteiger partial charge in [-0.25, -0.2) is 0 Å². The molecule has 7 heteroatoms. The fraction of sp³-hybridized carbons (Fsp3) is 0.562. The molecule has 1 aromatic rings. The Morgan fingerprint density at radius 1 is 0.783 bits per heavy atom. The summed E-state index contributed by atoms with van der Waals surface area (Å²) >= 11 is 0. The minimum Gasteiger partial charge on any atom is -0.662 e. The summed E-state index contributed by atoms with van der Waals surface area (Å²) in [4.78, 5) is 0. The smallest absolute Gasteiger partial charge is 0.662 e. The number of aromatic hydroxyl groups is 1. The van der Waals surface area contributed by atoms with Crippen molar-refractivity contribution in [1.82, 2.24) is 10.6 Å². The molecule has 0 saturated carbocycles. The Morgan fingerprint density at radius 3 is 1.61 bits per heavy atom. The van der Waals surface area contributed by atoms with Gasteiger partial charge in [-0.2, -0.15) is 0 Å². The first-order valence-corrected chi connectivity index (χ1v) is 7.18. The van der Waals surface area contributed by atoms with Crippen LogP contribution in [0.2, 0.25) is 0 Å². The van der Waals surface area contributed by atoms with Gasteiger partial charge in [-0.15, -0.1) is 37.9 Å². The van der Waals surface area contributed by atoms with Gasteiger partial charge in [-0.1, -0.05) is 31.0 Å².